The van der Waals surface area contributed by atoms with Gasteiger partial charge in [0, 0.05) is 17.4 Å². The number of hydrogen-bond donors (Lipinski definition) is 2. The van der Waals surface area contributed by atoms with E-state index in [1.165, 1.54) is 6.42 Å². The number of aromatic amines is 1. The molecule has 1 aliphatic rings. The van der Waals surface area contributed by atoms with E-state index in [0.717, 1.165) is 28.4 Å². The summed E-state index contributed by atoms with van der Waals surface area (Å²) in [6.07, 6.45) is 2.29. The van der Waals surface area contributed by atoms with Crippen LogP contribution in [0.4, 0.5) is 0 Å². The SMILES string of the molecule is COc1ccc2nc(SC3CCC(N)C3C)[nH]c2c1. The monoisotopic (exact) mass is 277 g/mol. The molecule has 4 nitrogen and oxygen atoms in total. The molecular formula is C14H19N3OS. The van der Waals surface area contributed by atoms with Crippen molar-refractivity contribution in [1.29, 1.82) is 0 Å². The Morgan fingerprint density at radius 2 is 2.26 bits per heavy atom. The van der Waals surface area contributed by atoms with E-state index >= 15 is 0 Å². The Bertz CT molecular complexity index is 583. The molecule has 0 aliphatic heterocycles. The van der Waals surface area contributed by atoms with Crippen molar-refractivity contribution in [3.05, 3.63) is 18.2 Å². The Kier molecular flexibility index (Phi) is 3.41. The molecule has 1 saturated carbocycles. The molecule has 0 amide bonds. The Labute approximate surface area is 117 Å². The highest BCUT2D eigenvalue weighted by molar-refractivity contribution is 7.99. The molecule has 0 bridgehead atoms. The molecule has 1 aromatic carbocycles. The summed E-state index contributed by atoms with van der Waals surface area (Å²) in [5.74, 6) is 1.40. The lowest BCUT2D eigenvalue weighted by molar-refractivity contribution is 0.415. The number of H-pyrrole nitrogens is 1. The van der Waals surface area contributed by atoms with E-state index in [9.17, 15) is 0 Å². The highest BCUT2D eigenvalue weighted by Crippen LogP contribution is 2.37. The number of nitrogens with zero attached hydrogens (tertiary/aromatic N) is 1. The van der Waals surface area contributed by atoms with Crippen molar-refractivity contribution in [2.75, 3.05) is 7.11 Å². The molecule has 1 fully saturated rings. The molecule has 0 spiro atoms. The van der Waals surface area contributed by atoms with Crippen molar-refractivity contribution in [1.82, 2.24) is 9.97 Å². The van der Waals surface area contributed by atoms with Gasteiger partial charge in [0.2, 0.25) is 0 Å². The molecule has 1 aromatic heterocycles. The van der Waals surface area contributed by atoms with Crippen LogP contribution in [0.5, 0.6) is 5.75 Å². The smallest absolute Gasteiger partial charge is 0.166 e. The lowest BCUT2D eigenvalue weighted by Crippen LogP contribution is -2.26. The van der Waals surface area contributed by atoms with E-state index in [4.69, 9.17) is 10.5 Å². The van der Waals surface area contributed by atoms with E-state index in [2.05, 4.69) is 16.9 Å². The van der Waals surface area contributed by atoms with Gasteiger partial charge >= 0.3 is 0 Å². The first-order chi connectivity index (χ1) is 9.17. The number of methoxy groups -OCH3 is 1. The van der Waals surface area contributed by atoms with Crippen LogP contribution in [-0.4, -0.2) is 28.4 Å². The van der Waals surface area contributed by atoms with E-state index < -0.39 is 0 Å². The normalized spacial score (nSPS) is 27.0. The number of ether oxygens (including phenoxy) is 1. The summed E-state index contributed by atoms with van der Waals surface area (Å²) in [6.45, 7) is 2.24. The largest absolute Gasteiger partial charge is 0.497 e. The number of rotatable bonds is 3. The summed E-state index contributed by atoms with van der Waals surface area (Å²) in [4.78, 5) is 7.99. The summed E-state index contributed by atoms with van der Waals surface area (Å²) in [7, 11) is 1.68. The molecule has 2 aromatic rings. The topological polar surface area (TPSA) is 63.9 Å². The Balaban J connectivity index is 1.82. The summed E-state index contributed by atoms with van der Waals surface area (Å²) in [5.41, 5.74) is 8.08. The zero-order valence-electron chi connectivity index (χ0n) is 11.2. The third-order valence-electron chi connectivity index (χ3n) is 3.98. The van der Waals surface area contributed by atoms with Crippen molar-refractivity contribution in [2.24, 2.45) is 11.7 Å². The molecule has 3 N–H and O–H groups in total. The fourth-order valence-corrected chi connectivity index (χ4v) is 3.89. The maximum absolute atomic E-state index is 6.07. The van der Waals surface area contributed by atoms with Crippen LogP contribution in [0.15, 0.2) is 23.4 Å². The number of hydrogen-bond acceptors (Lipinski definition) is 4. The van der Waals surface area contributed by atoms with Gasteiger partial charge in [-0.1, -0.05) is 18.7 Å². The van der Waals surface area contributed by atoms with Crippen molar-refractivity contribution in [2.45, 2.75) is 36.2 Å². The van der Waals surface area contributed by atoms with Crippen molar-refractivity contribution < 1.29 is 4.74 Å². The van der Waals surface area contributed by atoms with Crippen LogP contribution in [0.1, 0.15) is 19.8 Å². The van der Waals surface area contributed by atoms with Crippen molar-refractivity contribution in [3.63, 3.8) is 0 Å². The number of benzene rings is 1. The minimum atomic E-state index is 0.335. The van der Waals surface area contributed by atoms with Gasteiger partial charge in [-0.05, 0) is 30.9 Å². The van der Waals surface area contributed by atoms with Gasteiger partial charge in [0.15, 0.2) is 5.16 Å². The van der Waals surface area contributed by atoms with Gasteiger partial charge in [-0.15, -0.1) is 0 Å². The average molecular weight is 277 g/mol. The summed E-state index contributed by atoms with van der Waals surface area (Å²) < 4.78 is 5.22. The van der Waals surface area contributed by atoms with Crippen LogP contribution < -0.4 is 10.5 Å². The Hall–Kier alpha value is -1.20. The zero-order valence-corrected chi connectivity index (χ0v) is 12.0. The number of thioether (sulfide) groups is 1. The van der Waals surface area contributed by atoms with E-state index in [1.54, 1.807) is 7.11 Å². The second kappa shape index (κ2) is 5.06. The number of fused-ring (bicyclic) bond motifs is 1. The number of aromatic nitrogens is 2. The quantitative estimate of drug-likeness (QED) is 0.905. The van der Waals surface area contributed by atoms with Crippen molar-refractivity contribution in [3.8, 4) is 5.75 Å². The summed E-state index contributed by atoms with van der Waals surface area (Å²) in [6, 6.07) is 6.24. The molecule has 3 unspecified atom stereocenters. The fourth-order valence-electron chi connectivity index (χ4n) is 2.62. The zero-order chi connectivity index (χ0) is 13.4. The highest BCUT2D eigenvalue weighted by atomic mass is 32.2. The molecule has 1 heterocycles. The highest BCUT2D eigenvalue weighted by Gasteiger charge is 2.31. The number of imidazole rings is 1. The Morgan fingerprint density at radius 3 is 2.95 bits per heavy atom. The molecule has 0 saturated heterocycles. The maximum Gasteiger partial charge on any atom is 0.166 e. The Morgan fingerprint density at radius 1 is 1.42 bits per heavy atom. The van der Waals surface area contributed by atoms with Crippen LogP contribution >= 0.6 is 11.8 Å². The molecule has 102 valence electrons. The van der Waals surface area contributed by atoms with Crippen LogP contribution in [0.3, 0.4) is 0 Å². The second-order valence-corrected chi connectivity index (χ2v) is 6.41. The van der Waals surface area contributed by atoms with Gasteiger partial charge in [0.1, 0.15) is 5.75 Å². The van der Waals surface area contributed by atoms with Gasteiger partial charge < -0.3 is 15.5 Å². The third kappa shape index (κ3) is 2.44. The molecular weight excluding hydrogens is 258 g/mol. The molecule has 3 atom stereocenters. The molecule has 19 heavy (non-hydrogen) atoms. The fraction of sp³-hybridized carbons (Fsp3) is 0.500. The van der Waals surface area contributed by atoms with Gasteiger partial charge in [-0.2, -0.15) is 0 Å². The molecule has 1 aliphatic carbocycles. The van der Waals surface area contributed by atoms with Crippen LogP contribution in [0.25, 0.3) is 11.0 Å². The maximum atomic E-state index is 6.07. The molecule has 0 radical (unpaired) electrons. The summed E-state index contributed by atoms with van der Waals surface area (Å²) in [5, 5.41) is 1.55. The van der Waals surface area contributed by atoms with Gasteiger partial charge in [0.25, 0.3) is 0 Å². The minimum absolute atomic E-state index is 0.335. The van der Waals surface area contributed by atoms with Gasteiger partial charge in [-0.3, -0.25) is 0 Å². The first-order valence-electron chi connectivity index (χ1n) is 6.63. The van der Waals surface area contributed by atoms with Crippen LogP contribution in [0.2, 0.25) is 0 Å². The van der Waals surface area contributed by atoms with E-state index in [1.807, 2.05) is 30.0 Å². The van der Waals surface area contributed by atoms with Crippen LogP contribution in [0, 0.1) is 5.92 Å². The molecule has 5 heteroatoms. The number of nitrogens with two attached hydrogens (primary N) is 1. The second-order valence-electron chi connectivity index (χ2n) is 5.18. The van der Waals surface area contributed by atoms with Crippen molar-refractivity contribution >= 4 is 22.8 Å². The lowest BCUT2D eigenvalue weighted by atomic mass is 10.1. The molecule has 3 rings (SSSR count). The predicted molar refractivity (Wildman–Crippen MR) is 78.7 cm³/mol. The third-order valence-corrected chi connectivity index (χ3v) is 5.36. The standard InChI is InChI=1S/C14H19N3OS/c1-8-10(15)4-6-13(8)19-14-16-11-5-3-9(18-2)7-12(11)17-14/h3,5,7-8,10,13H,4,6,15H2,1-2H3,(H,16,17). The van der Waals surface area contributed by atoms with Crippen LogP contribution in [-0.2, 0) is 0 Å². The average Bonchev–Trinajstić information content (AvgIpc) is 2.95. The van der Waals surface area contributed by atoms with E-state index in [0.29, 0.717) is 17.2 Å². The first-order valence-corrected chi connectivity index (χ1v) is 7.51. The predicted octanol–water partition coefficient (Wildman–Crippen LogP) is 2.79. The lowest BCUT2D eigenvalue weighted by Gasteiger charge is -2.15. The minimum Gasteiger partial charge on any atom is -0.497 e. The number of nitrogens with one attached hydrogen (secondary N) is 1. The van der Waals surface area contributed by atoms with Gasteiger partial charge in [0.05, 0.1) is 18.1 Å². The van der Waals surface area contributed by atoms with Gasteiger partial charge in [-0.25, -0.2) is 4.98 Å². The first kappa shape index (κ1) is 12.8. The van der Waals surface area contributed by atoms with E-state index in [-0.39, 0.29) is 0 Å². The summed E-state index contributed by atoms with van der Waals surface area (Å²) >= 11 is 1.81.